The minimum atomic E-state index is -0.320. The molecule has 2 heterocycles. The number of hydrogen-bond acceptors (Lipinski definition) is 5. The van der Waals surface area contributed by atoms with Crippen molar-refractivity contribution in [2.45, 2.75) is 45.6 Å². The van der Waals surface area contributed by atoms with Crippen LogP contribution in [0.3, 0.4) is 0 Å². The summed E-state index contributed by atoms with van der Waals surface area (Å²) in [4.78, 5) is 22.2. The molecule has 4 rings (SSSR count). The highest BCUT2D eigenvalue weighted by atomic mass is 32.2. The molecule has 2 aromatic carbocycles. The molecule has 0 aromatic heterocycles. The van der Waals surface area contributed by atoms with E-state index in [4.69, 9.17) is 4.74 Å². The number of thioether (sulfide) groups is 1. The molecular weight excluding hydrogens is 449 g/mol. The average molecular weight is 482 g/mol. The molecule has 1 saturated heterocycles. The van der Waals surface area contributed by atoms with Crippen LogP contribution in [0.15, 0.2) is 52.4 Å². The number of anilines is 1. The molecule has 180 valence electrons. The summed E-state index contributed by atoms with van der Waals surface area (Å²) >= 11 is 1.27. The van der Waals surface area contributed by atoms with Crippen molar-refractivity contribution >= 4 is 40.3 Å². The van der Waals surface area contributed by atoms with Gasteiger partial charge in [-0.1, -0.05) is 25.1 Å². The van der Waals surface area contributed by atoms with E-state index in [0.717, 1.165) is 29.9 Å². The Morgan fingerprint density at radius 3 is 2.68 bits per heavy atom. The molecule has 7 heteroatoms. The number of halogens is 1. The third-order valence-corrected chi connectivity index (χ3v) is 7.50. The van der Waals surface area contributed by atoms with Crippen LogP contribution in [0.25, 0.3) is 6.08 Å². The van der Waals surface area contributed by atoms with Gasteiger partial charge in [-0.2, -0.15) is 0 Å². The van der Waals surface area contributed by atoms with Crippen LogP contribution >= 0.6 is 11.8 Å². The SMILES string of the molecule is CCN1c2cc(F)c(/C=C3/SC(=Nc4ccccc4)N(CCOC)C3=O)cc2C(C)CC1(C)C. The first kappa shape index (κ1) is 24.5. The van der Waals surface area contributed by atoms with E-state index in [9.17, 15) is 4.79 Å². The van der Waals surface area contributed by atoms with Gasteiger partial charge in [-0.3, -0.25) is 9.69 Å². The molecule has 1 unspecified atom stereocenters. The number of hydrogen-bond donors (Lipinski definition) is 0. The molecule has 0 bridgehead atoms. The normalized spacial score (nSPS) is 22.1. The Labute approximate surface area is 205 Å². The van der Waals surface area contributed by atoms with Gasteiger partial charge in [-0.05, 0) is 80.8 Å². The summed E-state index contributed by atoms with van der Waals surface area (Å²) in [5.74, 6) is -0.205. The number of para-hydroxylation sites is 1. The van der Waals surface area contributed by atoms with Crippen LogP contribution in [0, 0.1) is 5.82 Å². The van der Waals surface area contributed by atoms with Gasteiger partial charge in [-0.15, -0.1) is 0 Å². The zero-order valence-electron chi connectivity index (χ0n) is 20.5. The van der Waals surface area contributed by atoms with Crippen molar-refractivity contribution in [2.75, 3.05) is 31.7 Å². The first-order chi connectivity index (χ1) is 16.2. The first-order valence-corrected chi connectivity index (χ1v) is 12.5. The van der Waals surface area contributed by atoms with Gasteiger partial charge in [0, 0.05) is 30.4 Å². The summed E-state index contributed by atoms with van der Waals surface area (Å²) in [5, 5.41) is 0.574. The Hall–Kier alpha value is -2.64. The molecule has 2 aliphatic rings. The molecule has 5 nitrogen and oxygen atoms in total. The van der Waals surface area contributed by atoms with E-state index in [1.807, 2.05) is 36.4 Å². The molecule has 1 amide bonds. The Bertz CT molecular complexity index is 1130. The smallest absolute Gasteiger partial charge is 0.266 e. The minimum Gasteiger partial charge on any atom is -0.383 e. The quantitative estimate of drug-likeness (QED) is 0.462. The maximum absolute atomic E-state index is 15.3. The number of rotatable bonds is 6. The van der Waals surface area contributed by atoms with Crippen molar-refractivity contribution < 1.29 is 13.9 Å². The van der Waals surface area contributed by atoms with E-state index >= 15 is 4.39 Å². The largest absolute Gasteiger partial charge is 0.383 e. The predicted molar refractivity (Wildman–Crippen MR) is 139 cm³/mol. The highest BCUT2D eigenvalue weighted by Crippen LogP contribution is 2.44. The lowest BCUT2D eigenvalue weighted by Gasteiger charge is -2.47. The second kappa shape index (κ2) is 9.92. The monoisotopic (exact) mass is 481 g/mol. The predicted octanol–water partition coefficient (Wildman–Crippen LogP) is 6.19. The molecular formula is C27H32FN3O2S. The Morgan fingerprint density at radius 1 is 1.26 bits per heavy atom. The number of nitrogens with zero attached hydrogens (tertiary/aromatic N) is 3. The number of aliphatic imine (C=N–C) groups is 1. The summed E-state index contributed by atoms with van der Waals surface area (Å²) in [6, 6.07) is 13.1. The van der Waals surface area contributed by atoms with Gasteiger partial charge in [0.1, 0.15) is 5.82 Å². The molecule has 2 aliphatic heterocycles. The van der Waals surface area contributed by atoms with E-state index in [1.165, 1.54) is 11.8 Å². The second-order valence-electron chi connectivity index (χ2n) is 9.38. The molecule has 0 radical (unpaired) electrons. The van der Waals surface area contributed by atoms with Crippen LogP contribution in [0.1, 0.15) is 51.2 Å². The van der Waals surface area contributed by atoms with Crippen molar-refractivity contribution in [3.63, 3.8) is 0 Å². The van der Waals surface area contributed by atoms with Gasteiger partial charge in [0.25, 0.3) is 5.91 Å². The fourth-order valence-electron chi connectivity index (χ4n) is 4.96. The van der Waals surface area contributed by atoms with Gasteiger partial charge in [0.2, 0.25) is 0 Å². The van der Waals surface area contributed by atoms with E-state index in [-0.39, 0.29) is 17.3 Å². The average Bonchev–Trinajstić information content (AvgIpc) is 3.07. The van der Waals surface area contributed by atoms with Crippen molar-refractivity contribution in [3.05, 3.63) is 64.3 Å². The third-order valence-electron chi connectivity index (χ3n) is 6.49. The number of carbonyl (C=O) groups is 1. The lowest BCUT2D eigenvalue weighted by Crippen LogP contribution is -2.48. The zero-order chi connectivity index (χ0) is 24.5. The first-order valence-electron chi connectivity index (χ1n) is 11.7. The maximum Gasteiger partial charge on any atom is 0.266 e. The van der Waals surface area contributed by atoms with Crippen LogP contribution in [0.5, 0.6) is 0 Å². The van der Waals surface area contributed by atoms with Crippen LogP contribution < -0.4 is 4.90 Å². The van der Waals surface area contributed by atoms with E-state index < -0.39 is 0 Å². The minimum absolute atomic E-state index is 0.0322. The summed E-state index contributed by atoms with van der Waals surface area (Å²) < 4.78 is 20.5. The van der Waals surface area contributed by atoms with Crippen molar-refractivity contribution in [1.29, 1.82) is 0 Å². The van der Waals surface area contributed by atoms with Crippen LogP contribution in [0.4, 0.5) is 15.8 Å². The highest BCUT2D eigenvalue weighted by Gasteiger charge is 2.37. The molecule has 0 aliphatic carbocycles. The molecule has 2 aromatic rings. The number of fused-ring (bicyclic) bond motifs is 1. The lowest BCUT2D eigenvalue weighted by atomic mass is 9.79. The molecule has 0 N–H and O–H groups in total. The van der Waals surface area contributed by atoms with Crippen LogP contribution in [-0.2, 0) is 9.53 Å². The third kappa shape index (κ3) is 4.77. The number of amides is 1. The van der Waals surface area contributed by atoms with E-state index in [1.54, 1.807) is 24.2 Å². The van der Waals surface area contributed by atoms with E-state index in [0.29, 0.717) is 34.7 Å². The maximum atomic E-state index is 15.3. The number of ether oxygens (including phenoxy) is 1. The summed E-state index contributed by atoms with van der Waals surface area (Å²) in [7, 11) is 1.60. The van der Waals surface area contributed by atoms with Crippen molar-refractivity contribution in [3.8, 4) is 0 Å². The molecule has 0 spiro atoms. The van der Waals surface area contributed by atoms with Crippen molar-refractivity contribution in [2.24, 2.45) is 4.99 Å². The molecule has 1 fully saturated rings. The van der Waals surface area contributed by atoms with Crippen LogP contribution in [-0.4, -0.2) is 48.3 Å². The van der Waals surface area contributed by atoms with Gasteiger partial charge in [-0.25, -0.2) is 9.38 Å². The molecule has 0 saturated carbocycles. The number of methoxy groups -OCH3 is 1. The fourth-order valence-corrected chi connectivity index (χ4v) is 5.97. The Balaban J connectivity index is 1.72. The number of carbonyl (C=O) groups excluding carboxylic acids is 1. The van der Waals surface area contributed by atoms with E-state index in [2.05, 4.69) is 37.6 Å². The summed E-state index contributed by atoms with van der Waals surface area (Å²) in [6.45, 7) is 10.3. The second-order valence-corrected chi connectivity index (χ2v) is 10.4. The fraction of sp³-hybridized carbons (Fsp3) is 0.407. The number of amidine groups is 1. The topological polar surface area (TPSA) is 45.1 Å². The molecule has 1 atom stereocenters. The van der Waals surface area contributed by atoms with Gasteiger partial charge >= 0.3 is 0 Å². The zero-order valence-corrected chi connectivity index (χ0v) is 21.3. The van der Waals surface area contributed by atoms with Crippen molar-refractivity contribution in [1.82, 2.24) is 4.90 Å². The summed E-state index contributed by atoms with van der Waals surface area (Å²) in [5.41, 5.74) is 3.24. The van der Waals surface area contributed by atoms with Gasteiger partial charge < -0.3 is 9.64 Å². The standard InChI is InChI=1S/C27H32FN3O2S/c1-6-31-23-16-22(28)19(14-21(23)18(2)17-27(31,3)4)15-24-25(32)30(12-13-33-5)26(34-24)29-20-10-8-7-9-11-20/h7-11,14-16,18H,6,12-13,17H2,1-5H3/b24-15+,29-26?. The number of benzene rings is 2. The molecule has 34 heavy (non-hydrogen) atoms. The van der Waals surface area contributed by atoms with Gasteiger partial charge in [0.15, 0.2) is 5.17 Å². The van der Waals surface area contributed by atoms with Crippen LogP contribution in [0.2, 0.25) is 0 Å². The lowest BCUT2D eigenvalue weighted by molar-refractivity contribution is -0.122. The Kier molecular flexibility index (Phi) is 7.14. The van der Waals surface area contributed by atoms with Gasteiger partial charge in [0.05, 0.1) is 23.7 Å². The Morgan fingerprint density at radius 2 is 2.00 bits per heavy atom. The summed E-state index contributed by atoms with van der Waals surface area (Å²) in [6.07, 6.45) is 2.65. The highest BCUT2D eigenvalue weighted by molar-refractivity contribution is 8.18.